The van der Waals surface area contributed by atoms with Crippen LogP contribution in [0, 0.1) is 0 Å². The van der Waals surface area contributed by atoms with Crippen molar-refractivity contribution in [2.75, 3.05) is 19.8 Å². The van der Waals surface area contributed by atoms with E-state index in [1.54, 1.807) is 0 Å². The minimum Gasteiger partial charge on any atom is -0.394 e. The summed E-state index contributed by atoms with van der Waals surface area (Å²) in [6.07, 6.45) is 21.7. The van der Waals surface area contributed by atoms with Crippen LogP contribution in [0.2, 0.25) is 0 Å². The van der Waals surface area contributed by atoms with Crippen molar-refractivity contribution < 1.29 is 64.6 Å². The molecule has 2 saturated heterocycles. The summed E-state index contributed by atoms with van der Waals surface area (Å²) in [5, 5.41) is 86.5. The van der Waals surface area contributed by atoms with Gasteiger partial charge in [-0.05, 0) is 12.8 Å². The van der Waals surface area contributed by atoms with E-state index in [4.69, 9.17) is 18.9 Å². The highest BCUT2D eigenvalue weighted by atomic mass is 16.7. The predicted molar refractivity (Wildman–Crippen MR) is 249 cm³/mol. The van der Waals surface area contributed by atoms with Gasteiger partial charge in [-0.3, -0.25) is 4.79 Å². The average Bonchev–Trinajstić information content (AvgIpc) is 3.29. The van der Waals surface area contributed by atoms with Gasteiger partial charge in [0.15, 0.2) is 12.6 Å². The quantitative estimate of drug-likeness (QED) is 0.0282. The lowest BCUT2D eigenvalue weighted by Gasteiger charge is -2.46. The average molecular weight is 920 g/mol. The van der Waals surface area contributed by atoms with Gasteiger partial charge in [0.25, 0.3) is 0 Å². The molecule has 2 heterocycles. The van der Waals surface area contributed by atoms with Crippen molar-refractivity contribution in [3.63, 3.8) is 0 Å². The second-order valence-corrected chi connectivity index (χ2v) is 19.0. The summed E-state index contributed by atoms with van der Waals surface area (Å²) in [5.74, 6) is -0.208. The Morgan fingerprint density at radius 1 is 0.500 bits per heavy atom. The highest BCUT2D eigenvalue weighted by Crippen LogP contribution is 2.30. The van der Waals surface area contributed by atoms with Crippen LogP contribution in [0.5, 0.6) is 0 Å². The van der Waals surface area contributed by atoms with Gasteiger partial charge in [0.05, 0.1) is 32.0 Å². The third-order valence-electron chi connectivity index (χ3n) is 13.3. The smallest absolute Gasteiger partial charge is 0.220 e. The highest BCUT2D eigenvalue weighted by Gasteiger charge is 2.51. The van der Waals surface area contributed by atoms with E-state index in [1.807, 2.05) is 0 Å². The fourth-order valence-corrected chi connectivity index (χ4v) is 9.00. The van der Waals surface area contributed by atoms with E-state index in [1.165, 1.54) is 128 Å². The molecule has 0 aromatic rings. The van der Waals surface area contributed by atoms with Gasteiger partial charge in [-0.25, -0.2) is 0 Å². The number of hydrogen-bond acceptors (Lipinski definition) is 13. The molecule has 0 saturated carbocycles. The molecule has 0 aromatic heterocycles. The van der Waals surface area contributed by atoms with Crippen molar-refractivity contribution in [2.24, 2.45) is 0 Å². The molecule has 64 heavy (non-hydrogen) atoms. The number of rotatable bonds is 41. The number of hydrogen-bond donors (Lipinski definition) is 9. The molecule has 0 aromatic carbocycles. The highest BCUT2D eigenvalue weighted by molar-refractivity contribution is 5.76. The minimum atomic E-state index is -1.78. The maximum absolute atomic E-state index is 13.1. The summed E-state index contributed by atoms with van der Waals surface area (Å²) in [5.41, 5.74) is 0. The number of aliphatic hydroxyl groups is 8. The van der Waals surface area contributed by atoms with E-state index >= 15 is 0 Å². The largest absolute Gasteiger partial charge is 0.394 e. The number of carbonyl (C=O) groups excluding carboxylic acids is 1. The third kappa shape index (κ3) is 24.8. The zero-order chi connectivity index (χ0) is 46.8. The van der Waals surface area contributed by atoms with E-state index in [9.17, 15) is 45.6 Å². The molecule has 2 rings (SSSR count). The number of amides is 1. The lowest BCUT2D eigenvalue weighted by Crippen LogP contribution is -2.65. The van der Waals surface area contributed by atoms with Crippen LogP contribution in [-0.4, -0.2) is 140 Å². The van der Waals surface area contributed by atoms with Gasteiger partial charge in [-0.15, -0.1) is 0 Å². The van der Waals surface area contributed by atoms with Crippen LogP contribution in [0.4, 0.5) is 0 Å². The van der Waals surface area contributed by atoms with Crippen molar-refractivity contribution in [3.8, 4) is 0 Å². The SMILES string of the molecule is CCCCCCCCCCCCCCCCCCCCCCCCCCC(=O)NC(COC1OC(CO)C(OC2OC(CO)C(O)C(O)C2O)C(O)C1O)C(O)CCCCCCCC. The Kier molecular flexibility index (Phi) is 35.0. The molecule has 12 unspecified atom stereocenters. The first-order chi connectivity index (χ1) is 31.1. The Morgan fingerprint density at radius 3 is 1.33 bits per heavy atom. The van der Waals surface area contributed by atoms with Crippen LogP contribution < -0.4 is 5.32 Å². The van der Waals surface area contributed by atoms with Crippen molar-refractivity contribution >= 4 is 5.91 Å². The van der Waals surface area contributed by atoms with Crippen molar-refractivity contribution in [2.45, 2.75) is 293 Å². The molecule has 380 valence electrons. The monoisotopic (exact) mass is 920 g/mol. The molecule has 0 spiro atoms. The summed E-state index contributed by atoms with van der Waals surface area (Å²) in [4.78, 5) is 13.1. The van der Waals surface area contributed by atoms with Gasteiger partial charge in [0.1, 0.15) is 48.8 Å². The molecule has 14 heteroatoms. The van der Waals surface area contributed by atoms with Crippen LogP contribution in [0.3, 0.4) is 0 Å². The minimum absolute atomic E-state index is 0.208. The van der Waals surface area contributed by atoms with E-state index in [2.05, 4.69) is 19.2 Å². The van der Waals surface area contributed by atoms with Crippen molar-refractivity contribution in [1.82, 2.24) is 5.32 Å². The first-order valence-electron chi connectivity index (χ1n) is 26.3. The number of nitrogens with one attached hydrogen (secondary N) is 1. The van der Waals surface area contributed by atoms with Crippen LogP contribution in [-0.2, 0) is 23.7 Å². The predicted octanol–water partition coefficient (Wildman–Crippen LogP) is 7.00. The molecule has 14 nitrogen and oxygen atoms in total. The van der Waals surface area contributed by atoms with Gasteiger partial charge in [0, 0.05) is 6.42 Å². The molecule has 2 aliphatic rings. The zero-order valence-electron chi connectivity index (χ0n) is 40.3. The number of carbonyl (C=O) groups is 1. The molecule has 0 aliphatic carbocycles. The van der Waals surface area contributed by atoms with Crippen molar-refractivity contribution in [1.29, 1.82) is 0 Å². The van der Waals surface area contributed by atoms with Crippen LogP contribution in [0.1, 0.15) is 219 Å². The Labute approximate surface area is 387 Å². The Balaban J connectivity index is 1.66. The van der Waals surface area contributed by atoms with E-state index in [-0.39, 0.29) is 12.5 Å². The normalized spacial score (nSPS) is 27.2. The summed E-state index contributed by atoms with van der Waals surface area (Å²) < 4.78 is 22.6. The van der Waals surface area contributed by atoms with Gasteiger partial charge < -0.3 is 65.1 Å². The topological polar surface area (TPSA) is 228 Å². The first-order valence-corrected chi connectivity index (χ1v) is 26.3. The fourth-order valence-electron chi connectivity index (χ4n) is 9.00. The molecule has 0 radical (unpaired) electrons. The standard InChI is InChI=1S/C50H97NO13/c1-3-5-7-9-11-12-13-14-15-16-17-18-19-20-21-22-23-24-25-26-27-28-30-32-34-42(55)51-38(39(54)33-31-29-10-8-6-4-2)37-61-49-47(60)45(58)48(41(36-53)63-49)64-50-46(59)44(57)43(56)40(35-52)62-50/h38-41,43-50,52-54,56-60H,3-37H2,1-2H3,(H,51,55). The number of unbranched alkanes of at least 4 members (excludes halogenated alkanes) is 28. The maximum atomic E-state index is 13.1. The summed E-state index contributed by atoms with van der Waals surface area (Å²) in [6, 6.07) is -0.818. The Morgan fingerprint density at radius 2 is 0.891 bits per heavy atom. The summed E-state index contributed by atoms with van der Waals surface area (Å²) in [6.45, 7) is 2.79. The molecule has 2 fully saturated rings. The lowest BCUT2D eigenvalue weighted by molar-refractivity contribution is -0.359. The molecular formula is C50H97NO13. The zero-order valence-corrected chi connectivity index (χ0v) is 40.3. The van der Waals surface area contributed by atoms with Gasteiger partial charge in [-0.1, -0.05) is 200 Å². The lowest BCUT2D eigenvalue weighted by atomic mass is 9.97. The fraction of sp³-hybridized carbons (Fsp3) is 0.980. The van der Waals surface area contributed by atoms with Crippen LogP contribution in [0.25, 0.3) is 0 Å². The maximum Gasteiger partial charge on any atom is 0.220 e. The van der Waals surface area contributed by atoms with Gasteiger partial charge in [-0.2, -0.15) is 0 Å². The second-order valence-electron chi connectivity index (χ2n) is 19.0. The van der Waals surface area contributed by atoms with Crippen LogP contribution in [0.15, 0.2) is 0 Å². The second kappa shape index (κ2) is 37.9. The summed E-state index contributed by atoms with van der Waals surface area (Å²) in [7, 11) is 0. The Bertz CT molecular complexity index is 1090. The molecule has 1 amide bonds. The van der Waals surface area contributed by atoms with E-state index in [0.717, 1.165) is 64.2 Å². The first kappa shape index (κ1) is 59.1. The summed E-state index contributed by atoms with van der Waals surface area (Å²) >= 11 is 0. The third-order valence-corrected chi connectivity index (χ3v) is 13.3. The number of ether oxygens (including phenoxy) is 4. The molecular weight excluding hydrogens is 823 g/mol. The Hall–Kier alpha value is -1.01. The van der Waals surface area contributed by atoms with Crippen LogP contribution >= 0.6 is 0 Å². The molecule has 9 N–H and O–H groups in total. The molecule has 12 atom stereocenters. The van der Waals surface area contributed by atoms with Crippen molar-refractivity contribution in [3.05, 3.63) is 0 Å². The van der Waals surface area contributed by atoms with Gasteiger partial charge >= 0.3 is 0 Å². The molecule has 2 aliphatic heterocycles. The molecule has 0 bridgehead atoms. The number of aliphatic hydroxyl groups excluding tert-OH is 8. The van der Waals surface area contributed by atoms with E-state index in [0.29, 0.717) is 12.8 Å². The van der Waals surface area contributed by atoms with E-state index < -0.39 is 86.8 Å². The van der Waals surface area contributed by atoms with Gasteiger partial charge in [0.2, 0.25) is 5.91 Å².